The summed E-state index contributed by atoms with van der Waals surface area (Å²) in [5.74, 6) is 0.565. The van der Waals surface area contributed by atoms with E-state index in [1.54, 1.807) is 6.07 Å². The Morgan fingerprint density at radius 2 is 1.80 bits per heavy atom. The van der Waals surface area contributed by atoms with Crippen molar-refractivity contribution in [1.29, 1.82) is 0 Å². The molecule has 4 rings (SSSR count). The third kappa shape index (κ3) is 4.16. The maximum atomic E-state index is 12.8. The second-order valence-electron chi connectivity index (χ2n) is 8.66. The van der Waals surface area contributed by atoms with Gasteiger partial charge in [0.25, 0.3) is 0 Å². The van der Waals surface area contributed by atoms with Crippen molar-refractivity contribution in [2.24, 2.45) is 0 Å². The fourth-order valence-electron chi connectivity index (χ4n) is 4.41. The van der Waals surface area contributed by atoms with Gasteiger partial charge in [0, 0.05) is 16.8 Å². The van der Waals surface area contributed by atoms with Crippen molar-refractivity contribution < 1.29 is 18.0 Å². The molecule has 0 radical (unpaired) electrons. The summed E-state index contributed by atoms with van der Waals surface area (Å²) in [6.07, 6.45) is -2.27. The van der Waals surface area contributed by atoms with E-state index in [2.05, 4.69) is 20.6 Å². The van der Waals surface area contributed by atoms with E-state index < -0.39 is 17.3 Å². The van der Waals surface area contributed by atoms with Crippen molar-refractivity contribution >= 4 is 18.3 Å². The molecular weight excluding hydrogens is 417 g/mol. The van der Waals surface area contributed by atoms with Crippen LogP contribution in [-0.2, 0) is 11.0 Å². The highest BCUT2D eigenvalue weighted by Crippen LogP contribution is 2.41. The van der Waals surface area contributed by atoms with Crippen LogP contribution in [0.4, 0.5) is 13.2 Å². The van der Waals surface area contributed by atoms with Crippen molar-refractivity contribution in [3.05, 3.63) is 47.4 Å². The number of rotatable bonds is 2. The number of halogens is 4. The predicted octanol–water partition coefficient (Wildman–Crippen LogP) is 4.35. The van der Waals surface area contributed by atoms with Crippen molar-refractivity contribution in [3.8, 4) is 11.3 Å². The van der Waals surface area contributed by atoms with Gasteiger partial charge in [-0.1, -0.05) is 12.1 Å². The van der Waals surface area contributed by atoms with Crippen LogP contribution >= 0.6 is 12.4 Å². The summed E-state index contributed by atoms with van der Waals surface area (Å²) in [6.45, 7) is 5.83. The number of amides is 1. The molecule has 1 aromatic carbocycles. The van der Waals surface area contributed by atoms with Gasteiger partial charge in [-0.05, 0) is 58.2 Å². The van der Waals surface area contributed by atoms with Crippen LogP contribution < -0.4 is 10.6 Å². The summed E-state index contributed by atoms with van der Waals surface area (Å²) in [6, 6.07) is 6.53. The average molecular weight is 441 g/mol. The molecule has 3 heterocycles. The maximum absolute atomic E-state index is 12.8. The first kappa shape index (κ1) is 22.5. The highest BCUT2D eigenvalue weighted by atomic mass is 35.5. The van der Waals surface area contributed by atoms with Gasteiger partial charge in [-0.15, -0.1) is 12.4 Å². The quantitative estimate of drug-likeness (QED) is 0.728. The first-order valence-electron chi connectivity index (χ1n) is 9.61. The Bertz CT molecular complexity index is 962. The lowest BCUT2D eigenvalue weighted by Gasteiger charge is -2.23. The molecule has 2 N–H and O–H groups in total. The second-order valence-corrected chi connectivity index (χ2v) is 8.66. The van der Waals surface area contributed by atoms with Crippen LogP contribution in [0, 0.1) is 6.92 Å². The van der Waals surface area contributed by atoms with E-state index in [1.807, 2.05) is 20.8 Å². The standard InChI is InChI=1S/C21H23F3N4O.ClH/c1-12-10-16(13-4-6-14(7-5-13)21(22,23)24)26-17(25-12)15-8-9-20(27-15)11-19(2,3)28-18(20)29;/h4-7,10,15,27H,8-9,11H2,1-3H3,(H,28,29);1H/t15-,20+;/m1./s1. The monoisotopic (exact) mass is 440 g/mol. The normalized spacial score (nSPS) is 25.3. The molecule has 2 fully saturated rings. The highest BCUT2D eigenvalue weighted by Gasteiger charge is 2.54. The Balaban J connectivity index is 0.00000256. The van der Waals surface area contributed by atoms with Gasteiger partial charge in [-0.25, -0.2) is 9.97 Å². The summed E-state index contributed by atoms with van der Waals surface area (Å²) >= 11 is 0. The smallest absolute Gasteiger partial charge is 0.350 e. The van der Waals surface area contributed by atoms with E-state index in [1.165, 1.54) is 12.1 Å². The Hall–Kier alpha value is -2.19. The van der Waals surface area contributed by atoms with Gasteiger partial charge in [0.1, 0.15) is 11.4 Å². The fraction of sp³-hybridized carbons (Fsp3) is 0.476. The number of benzene rings is 1. The van der Waals surface area contributed by atoms with E-state index in [9.17, 15) is 18.0 Å². The Kier molecular flexibility index (Phi) is 5.62. The molecule has 2 saturated heterocycles. The Morgan fingerprint density at radius 1 is 1.13 bits per heavy atom. The van der Waals surface area contributed by atoms with Crippen molar-refractivity contribution in [1.82, 2.24) is 20.6 Å². The van der Waals surface area contributed by atoms with Crippen molar-refractivity contribution in [2.75, 3.05) is 0 Å². The van der Waals surface area contributed by atoms with E-state index in [-0.39, 0.29) is 29.9 Å². The molecule has 0 bridgehead atoms. The minimum Gasteiger partial charge on any atom is -0.350 e. The summed E-state index contributed by atoms with van der Waals surface area (Å²) in [4.78, 5) is 21.7. The first-order chi connectivity index (χ1) is 13.5. The zero-order valence-electron chi connectivity index (χ0n) is 16.9. The molecule has 1 amide bonds. The number of aryl methyl sites for hydroxylation is 1. The predicted molar refractivity (Wildman–Crippen MR) is 109 cm³/mol. The molecule has 162 valence electrons. The molecule has 0 unspecified atom stereocenters. The van der Waals surface area contributed by atoms with Crippen molar-refractivity contribution in [2.45, 2.75) is 63.3 Å². The lowest BCUT2D eigenvalue weighted by molar-refractivity contribution is -0.137. The number of nitrogens with zero attached hydrogens (tertiary/aromatic N) is 2. The van der Waals surface area contributed by atoms with Crippen LogP contribution in [0.2, 0.25) is 0 Å². The van der Waals surface area contributed by atoms with E-state index in [4.69, 9.17) is 0 Å². The molecule has 9 heteroatoms. The number of hydrogen-bond donors (Lipinski definition) is 2. The number of carbonyl (C=O) groups is 1. The number of alkyl halides is 3. The molecule has 5 nitrogen and oxygen atoms in total. The van der Waals surface area contributed by atoms with Crippen LogP contribution in [0.3, 0.4) is 0 Å². The minimum absolute atomic E-state index is 0. The molecule has 2 aliphatic rings. The van der Waals surface area contributed by atoms with Gasteiger partial charge in [0.05, 0.1) is 17.3 Å². The topological polar surface area (TPSA) is 66.9 Å². The molecular formula is C21H24ClF3N4O. The molecule has 0 saturated carbocycles. The van der Waals surface area contributed by atoms with Crippen LogP contribution in [0.5, 0.6) is 0 Å². The summed E-state index contributed by atoms with van der Waals surface area (Å²) in [5, 5.41) is 6.47. The van der Waals surface area contributed by atoms with Crippen LogP contribution in [0.1, 0.15) is 56.2 Å². The second kappa shape index (κ2) is 7.50. The fourth-order valence-corrected chi connectivity index (χ4v) is 4.41. The lowest BCUT2D eigenvalue weighted by Crippen LogP contribution is -2.47. The largest absolute Gasteiger partial charge is 0.416 e. The Labute approximate surface area is 179 Å². The van der Waals surface area contributed by atoms with Crippen LogP contribution in [-0.4, -0.2) is 27.0 Å². The molecule has 2 aromatic rings. The highest BCUT2D eigenvalue weighted by molar-refractivity contribution is 5.90. The maximum Gasteiger partial charge on any atom is 0.416 e. The van der Waals surface area contributed by atoms with Gasteiger partial charge >= 0.3 is 6.18 Å². The third-order valence-electron chi connectivity index (χ3n) is 5.63. The molecule has 1 aromatic heterocycles. The zero-order chi connectivity index (χ0) is 21.0. The van der Waals surface area contributed by atoms with Crippen molar-refractivity contribution in [3.63, 3.8) is 0 Å². The zero-order valence-corrected chi connectivity index (χ0v) is 17.7. The first-order valence-corrected chi connectivity index (χ1v) is 9.61. The third-order valence-corrected chi connectivity index (χ3v) is 5.63. The van der Waals surface area contributed by atoms with Gasteiger partial charge in [0.15, 0.2) is 0 Å². The van der Waals surface area contributed by atoms with E-state index >= 15 is 0 Å². The van der Waals surface area contributed by atoms with E-state index in [0.29, 0.717) is 29.9 Å². The molecule has 2 aliphatic heterocycles. The van der Waals surface area contributed by atoms with Crippen LogP contribution in [0.15, 0.2) is 30.3 Å². The van der Waals surface area contributed by atoms with E-state index in [0.717, 1.165) is 24.2 Å². The minimum atomic E-state index is -4.37. The average Bonchev–Trinajstić information content (AvgIpc) is 3.14. The van der Waals surface area contributed by atoms with Gasteiger partial charge in [-0.3, -0.25) is 10.1 Å². The number of nitrogens with one attached hydrogen (secondary N) is 2. The summed E-state index contributed by atoms with van der Waals surface area (Å²) in [7, 11) is 0. The lowest BCUT2D eigenvalue weighted by atomic mass is 9.88. The van der Waals surface area contributed by atoms with Crippen LogP contribution in [0.25, 0.3) is 11.3 Å². The number of carbonyl (C=O) groups excluding carboxylic acids is 1. The molecule has 30 heavy (non-hydrogen) atoms. The van der Waals surface area contributed by atoms with Gasteiger partial charge < -0.3 is 5.32 Å². The number of aromatic nitrogens is 2. The SMILES string of the molecule is Cc1cc(-c2ccc(C(F)(F)F)cc2)nc([C@H]2CC[C@@]3(CC(C)(C)NC3=O)N2)n1.Cl. The van der Waals surface area contributed by atoms with Gasteiger partial charge in [0.2, 0.25) is 5.91 Å². The molecule has 2 atom stereocenters. The summed E-state index contributed by atoms with van der Waals surface area (Å²) in [5.41, 5.74) is 0.316. The Morgan fingerprint density at radius 3 is 2.37 bits per heavy atom. The molecule has 1 spiro atoms. The molecule has 0 aliphatic carbocycles. The number of hydrogen-bond acceptors (Lipinski definition) is 4. The van der Waals surface area contributed by atoms with Gasteiger partial charge in [-0.2, -0.15) is 13.2 Å². The summed E-state index contributed by atoms with van der Waals surface area (Å²) < 4.78 is 38.5.